The topological polar surface area (TPSA) is 383 Å². The minimum Gasteiger partial charge on any atom is -0.508 e. The second-order valence-corrected chi connectivity index (χ2v) is 14.4. The maximum atomic E-state index is 13.8. The van der Waals surface area contributed by atoms with Crippen LogP contribution in [0.25, 0.3) is 0 Å². The van der Waals surface area contributed by atoms with Crippen LogP contribution in [0.1, 0.15) is 42.4 Å². The molecular weight excluding hydrogens is 807 g/mol. The average Bonchev–Trinajstić information content (AvgIpc) is 3.23. The zero-order chi connectivity index (χ0) is 45.8. The van der Waals surface area contributed by atoms with E-state index in [0.717, 1.165) is 5.56 Å². The van der Waals surface area contributed by atoms with Gasteiger partial charge in [0.25, 0.3) is 0 Å². The third kappa shape index (κ3) is 17.1. The van der Waals surface area contributed by atoms with Crippen molar-refractivity contribution in [3.8, 4) is 11.5 Å². The molecule has 6 atom stereocenters. The van der Waals surface area contributed by atoms with Gasteiger partial charge in [-0.3, -0.25) is 38.6 Å². The number of amides is 7. The Morgan fingerprint density at radius 1 is 0.532 bits per heavy atom. The van der Waals surface area contributed by atoms with Crippen LogP contribution in [-0.4, -0.2) is 112 Å². The lowest BCUT2D eigenvalue weighted by Gasteiger charge is -2.27. The molecule has 0 unspecified atom stereocenters. The smallest absolute Gasteiger partial charge is 0.245 e. The van der Waals surface area contributed by atoms with E-state index in [0.29, 0.717) is 11.1 Å². The van der Waals surface area contributed by atoms with Gasteiger partial charge in [0.05, 0.1) is 12.6 Å². The summed E-state index contributed by atoms with van der Waals surface area (Å²) in [5.74, 6) is -6.57. The first-order valence-electron chi connectivity index (χ1n) is 19.6. The van der Waals surface area contributed by atoms with Gasteiger partial charge >= 0.3 is 0 Å². The molecule has 334 valence electrons. The summed E-state index contributed by atoms with van der Waals surface area (Å²) in [5.41, 5.74) is 29.7. The normalized spacial score (nSPS) is 13.7. The average molecular weight is 862 g/mol. The van der Waals surface area contributed by atoms with Crippen molar-refractivity contribution in [1.82, 2.24) is 26.6 Å². The molecule has 0 bridgehead atoms. The van der Waals surface area contributed by atoms with Crippen molar-refractivity contribution in [1.29, 1.82) is 0 Å². The maximum absolute atomic E-state index is 13.8. The number of rotatable bonds is 25. The van der Waals surface area contributed by atoms with Crippen LogP contribution in [-0.2, 0) is 52.8 Å². The number of phenols is 2. The van der Waals surface area contributed by atoms with Gasteiger partial charge < -0.3 is 70.6 Å². The quantitative estimate of drug-likeness (QED) is 0.0226. The third-order valence-corrected chi connectivity index (χ3v) is 9.39. The van der Waals surface area contributed by atoms with E-state index in [9.17, 15) is 48.9 Å². The number of aliphatic hydroxyl groups is 1. The lowest BCUT2D eigenvalue weighted by molar-refractivity contribution is -0.136. The van der Waals surface area contributed by atoms with Crippen molar-refractivity contribution in [3.63, 3.8) is 0 Å². The molecule has 0 fully saturated rings. The summed E-state index contributed by atoms with van der Waals surface area (Å²) in [4.78, 5) is 96.1. The van der Waals surface area contributed by atoms with Gasteiger partial charge in [-0.25, -0.2) is 0 Å². The number of guanidine groups is 1. The standard InChI is InChI=1S/C41H55N11O10/c42-28(19-23-5-2-1-3-6-23)36(58)51-32(21-25-10-14-27(55)15-11-25)39(61)52-33(22-53)40(62)49-30(16-17-34(43)56)38(60)48-29(7-4-18-47-41(45)46)37(59)50-31(35(44)57)20-24-8-12-26(54)13-9-24/h1-3,5-6,8-15,28-33,53-55H,4,7,16-22,42H2,(H2,43,56)(H2,44,57)(H,48,60)(H,49,62)(H,50,59)(H,51,58)(H,52,61)(H4,45,46,47)/t28-,29-,30-,31-,32-,33-/m0/s1. The fraction of sp³-hybridized carbons (Fsp3) is 0.366. The first kappa shape index (κ1) is 49.1. The number of hydrogen-bond acceptors (Lipinski definition) is 12. The van der Waals surface area contributed by atoms with E-state index in [1.807, 2.05) is 0 Å². The van der Waals surface area contributed by atoms with Crippen LogP contribution in [0.2, 0.25) is 0 Å². The predicted molar refractivity (Wildman–Crippen MR) is 226 cm³/mol. The second kappa shape index (κ2) is 24.7. The molecule has 3 aromatic carbocycles. The van der Waals surface area contributed by atoms with Crippen LogP contribution < -0.4 is 55.3 Å². The second-order valence-electron chi connectivity index (χ2n) is 14.4. The Kier molecular flexibility index (Phi) is 19.6. The third-order valence-electron chi connectivity index (χ3n) is 9.39. The number of nitrogens with one attached hydrogen (secondary N) is 5. The zero-order valence-corrected chi connectivity index (χ0v) is 33.9. The van der Waals surface area contributed by atoms with E-state index in [2.05, 4.69) is 31.6 Å². The highest BCUT2D eigenvalue weighted by Crippen LogP contribution is 2.14. The van der Waals surface area contributed by atoms with Crippen LogP contribution in [0, 0.1) is 0 Å². The van der Waals surface area contributed by atoms with Crippen molar-refractivity contribution in [2.75, 3.05) is 13.2 Å². The largest absolute Gasteiger partial charge is 0.508 e. The number of carbonyl (C=O) groups excluding carboxylic acids is 7. The summed E-state index contributed by atoms with van der Waals surface area (Å²) in [6.07, 6.45) is -0.805. The van der Waals surface area contributed by atoms with E-state index in [-0.39, 0.29) is 62.5 Å². The molecule has 0 radical (unpaired) electrons. The minimum absolute atomic E-state index is 0.0266. The van der Waals surface area contributed by atoms with E-state index >= 15 is 0 Å². The van der Waals surface area contributed by atoms with Gasteiger partial charge in [-0.05, 0) is 66.6 Å². The van der Waals surface area contributed by atoms with Crippen molar-refractivity contribution >= 4 is 47.3 Å². The number of aromatic hydroxyl groups is 2. The van der Waals surface area contributed by atoms with E-state index in [1.54, 1.807) is 30.3 Å². The summed E-state index contributed by atoms with van der Waals surface area (Å²) < 4.78 is 0. The Morgan fingerprint density at radius 2 is 0.968 bits per heavy atom. The minimum atomic E-state index is -1.71. The van der Waals surface area contributed by atoms with E-state index < -0.39 is 90.6 Å². The number of hydrogen-bond donors (Lipinski definition) is 13. The Balaban J connectivity index is 1.81. The molecule has 0 saturated carbocycles. The molecule has 0 aliphatic carbocycles. The first-order chi connectivity index (χ1) is 29.4. The lowest BCUT2D eigenvalue weighted by atomic mass is 10.0. The molecule has 0 aliphatic heterocycles. The molecule has 18 N–H and O–H groups in total. The highest BCUT2D eigenvalue weighted by atomic mass is 16.3. The van der Waals surface area contributed by atoms with Gasteiger partial charge in [0, 0.05) is 25.8 Å². The fourth-order valence-electron chi connectivity index (χ4n) is 6.02. The van der Waals surface area contributed by atoms with Crippen molar-refractivity contribution in [3.05, 3.63) is 95.6 Å². The molecule has 62 heavy (non-hydrogen) atoms. The van der Waals surface area contributed by atoms with Gasteiger partial charge in [-0.1, -0.05) is 54.6 Å². The summed E-state index contributed by atoms with van der Waals surface area (Å²) in [6.45, 7) is -0.942. The van der Waals surface area contributed by atoms with Crippen LogP contribution in [0.15, 0.2) is 83.9 Å². The molecule has 3 aromatic rings. The Bertz CT molecular complexity index is 2010. The van der Waals surface area contributed by atoms with E-state index in [1.165, 1.54) is 48.5 Å². The van der Waals surface area contributed by atoms with Crippen molar-refractivity contribution in [2.24, 2.45) is 33.7 Å². The van der Waals surface area contributed by atoms with Crippen LogP contribution >= 0.6 is 0 Å². The number of aliphatic imine (C=N–C) groups is 1. The molecule has 0 heterocycles. The van der Waals surface area contributed by atoms with E-state index in [4.69, 9.17) is 28.7 Å². The van der Waals surface area contributed by atoms with Gasteiger partial charge in [0.2, 0.25) is 41.4 Å². The Hall–Kier alpha value is -7.26. The fourth-order valence-corrected chi connectivity index (χ4v) is 6.02. The molecule has 0 aromatic heterocycles. The number of phenolic OH excluding ortho intramolecular Hbond substituents is 2. The van der Waals surface area contributed by atoms with Crippen molar-refractivity contribution < 1.29 is 48.9 Å². The molecule has 0 saturated heterocycles. The Morgan fingerprint density at radius 3 is 1.47 bits per heavy atom. The molecular formula is C41H55N11O10. The molecule has 0 spiro atoms. The van der Waals surface area contributed by atoms with Crippen LogP contribution in [0.5, 0.6) is 11.5 Å². The molecule has 21 heteroatoms. The lowest BCUT2D eigenvalue weighted by Crippen LogP contribution is -2.60. The van der Waals surface area contributed by atoms with Gasteiger partial charge in [0.1, 0.15) is 41.7 Å². The predicted octanol–water partition coefficient (Wildman–Crippen LogP) is -3.33. The monoisotopic (exact) mass is 861 g/mol. The number of primary amides is 2. The number of benzene rings is 3. The molecule has 21 nitrogen and oxygen atoms in total. The molecule has 3 rings (SSSR count). The molecule has 0 aliphatic rings. The number of nitrogens with zero attached hydrogens (tertiary/aromatic N) is 1. The first-order valence-corrected chi connectivity index (χ1v) is 19.6. The Labute approximate surface area is 357 Å². The van der Waals surface area contributed by atoms with Crippen LogP contribution in [0.3, 0.4) is 0 Å². The highest BCUT2D eigenvalue weighted by Gasteiger charge is 2.33. The van der Waals surface area contributed by atoms with Crippen LogP contribution in [0.4, 0.5) is 0 Å². The van der Waals surface area contributed by atoms with Gasteiger partial charge in [0.15, 0.2) is 5.96 Å². The summed E-state index contributed by atoms with van der Waals surface area (Å²) >= 11 is 0. The van der Waals surface area contributed by atoms with Gasteiger partial charge in [-0.2, -0.15) is 0 Å². The number of nitrogens with two attached hydrogens (primary N) is 5. The summed E-state index contributed by atoms with van der Waals surface area (Å²) in [6, 6.07) is 12.2. The summed E-state index contributed by atoms with van der Waals surface area (Å²) in [7, 11) is 0. The number of carbonyl (C=O) groups is 7. The zero-order valence-electron chi connectivity index (χ0n) is 33.9. The SMILES string of the molecule is NC(=O)CC[C@H](NC(=O)[C@H](CO)NC(=O)[C@H](Cc1ccc(O)cc1)NC(=O)[C@@H](N)Cc1ccccc1)C(=O)N[C@@H](CCCN=C(N)N)C(=O)N[C@@H](Cc1ccc(O)cc1)C(N)=O. The summed E-state index contributed by atoms with van der Waals surface area (Å²) in [5, 5.41) is 42.0. The maximum Gasteiger partial charge on any atom is 0.245 e. The van der Waals surface area contributed by atoms with Gasteiger partial charge in [-0.15, -0.1) is 0 Å². The van der Waals surface area contributed by atoms with Crippen molar-refractivity contribution in [2.45, 2.75) is 81.2 Å². The number of aliphatic hydroxyl groups excluding tert-OH is 1. The molecule has 7 amide bonds. The highest BCUT2D eigenvalue weighted by molar-refractivity contribution is 5.97.